The van der Waals surface area contributed by atoms with Crippen molar-refractivity contribution in [3.63, 3.8) is 0 Å². The van der Waals surface area contributed by atoms with Gasteiger partial charge in [0.05, 0.1) is 7.11 Å². The summed E-state index contributed by atoms with van der Waals surface area (Å²) in [5.41, 5.74) is 3.94. The minimum Gasteiger partial charge on any atom is -0.497 e. The molecule has 0 N–H and O–H groups in total. The highest BCUT2D eigenvalue weighted by Gasteiger charge is 2.12. The van der Waals surface area contributed by atoms with Crippen LogP contribution >= 0.6 is 11.8 Å². The number of rotatable bonds is 2. The molecule has 2 heteroatoms. The fourth-order valence-electron chi connectivity index (χ4n) is 2.08. The van der Waals surface area contributed by atoms with Crippen molar-refractivity contribution in [2.24, 2.45) is 0 Å². The molecule has 0 spiro atoms. The largest absolute Gasteiger partial charge is 0.497 e. The van der Waals surface area contributed by atoms with Crippen LogP contribution in [0.25, 0.3) is 11.0 Å². The maximum atomic E-state index is 5.26. The van der Waals surface area contributed by atoms with E-state index in [0.29, 0.717) is 0 Å². The lowest BCUT2D eigenvalue weighted by atomic mass is 10.1. The molecule has 0 radical (unpaired) electrons. The van der Waals surface area contributed by atoms with Crippen LogP contribution in [0.2, 0.25) is 0 Å². The van der Waals surface area contributed by atoms with E-state index in [1.54, 1.807) is 7.11 Å². The molecule has 1 aliphatic heterocycles. The lowest BCUT2D eigenvalue weighted by molar-refractivity contribution is 0.414. The van der Waals surface area contributed by atoms with Gasteiger partial charge in [0.25, 0.3) is 0 Å². The molecule has 0 bridgehead atoms. The van der Waals surface area contributed by atoms with E-state index in [4.69, 9.17) is 4.74 Å². The number of ether oxygens (including phenoxy) is 1. The SMILES string of the molecule is COc1ccc2c(c1)CSC(c1ccccc1)=C2. The van der Waals surface area contributed by atoms with Gasteiger partial charge >= 0.3 is 0 Å². The van der Waals surface area contributed by atoms with E-state index in [2.05, 4.69) is 48.5 Å². The topological polar surface area (TPSA) is 9.23 Å². The second kappa shape index (κ2) is 4.91. The molecule has 0 saturated carbocycles. The normalized spacial score (nSPS) is 13.7. The molecule has 0 amide bonds. The van der Waals surface area contributed by atoms with Crippen molar-refractivity contribution in [3.8, 4) is 5.75 Å². The van der Waals surface area contributed by atoms with Crippen LogP contribution in [0, 0.1) is 0 Å². The van der Waals surface area contributed by atoms with Crippen molar-refractivity contribution in [3.05, 3.63) is 65.2 Å². The fraction of sp³-hybridized carbons (Fsp3) is 0.125. The number of benzene rings is 2. The smallest absolute Gasteiger partial charge is 0.119 e. The van der Waals surface area contributed by atoms with Gasteiger partial charge in [-0.1, -0.05) is 36.4 Å². The first-order valence-corrected chi connectivity index (χ1v) is 6.92. The Morgan fingerprint density at radius 1 is 1.06 bits per heavy atom. The van der Waals surface area contributed by atoms with Crippen molar-refractivity contribution in [2.45, 2.75) is 5.75 Å². The Hall–Kier alpha value is -1.67. The van der Waals surface area contributed by atoms with Gasteiger partial charge in [-0.25, -0.2) is 0 Å². The summed E-state index contributed by atoms with van der Waals surface area (Å²) >= 11 is 1.88. The molecule has 18 heavy (non-hydrogen) atoms. The Morgan fingerprint density at radius 2 is 1.89 bits per heavy atom. The first-order valence-electron chi connectivity index (χ1n) is 5.93. The summed E-state index contributed by atoms with van der Waals surface area (Å²) in [6, 6.07) is 16.8. The average molecular weight is 254 g/mol. The van der Waals surface area contributed by atoms with E-state index in [1.807, 2.05) is 17.8 Å². The first kappa shape index (κ1) is 11.4. The van der Waals surface area contributed by atoms with Crippen molar-refractivity contribution in [1.82, 2.24) is 0 Å². The van der Waals surface area contributed by atoms with Crippen LogP contribution in [0.3, 0.4) is 0 Å². The molecule has 0 aliphatic carbocycles. The molecule has 1 heterocycles. The van der Waals surface area contributed by atoms with Crippen LogP contribution in [-0.4, -0.2) is 7.11 Å². The molecule has 1 nitrogen and oxygen atoms in total. The van der Waals surface area contributed by atoms with E-state index in [0.717, 1.165) is 11.5 Å². The highest BCUT2D eigenvalue weighted by atomic mass is 32.2. The lowest BCUT2D eigenvalue weighted by Crippen LogP contribution is -1.95. The monoisotopic (exact) mass is 254 g/mol. The van der Waals surface area contributed by atoms with Crippen molar-refractivity contribution < 1.29 is 4.74 Å². The highest BCUT2D eigenvalue weighted by Crippen LogP contribution is 2.38. The van der Waals surface area contributed by atoms with Gasteiger partial charge in [0.15, 0.2) is 0 Å². The molecular weight excluding hydrogens is 240 g/mol. The molecule has 0 unspecified atom stereocenters. The minimum atomic E-state index is 0.936. The summed E-state index contributed by atoms with van der Waals surface area (Å²) < 4.78 is 5.26. The van der Waals surface area contributed by atoms with Crippen LogP contribution in [-0.2, 0) is 5.75 Å². The van der Waals surface area contributed by atoms with E-state index >= 15 is 0 Å². The highest BCUT2D eigenvalue weighted by molar-refractivity contribution is 8.07. The Morgan fingerprint density at radius 3 is 2.67 bits per heavy atom. The minimum absolute atomic E-state index is 0.936. The zero-order valence-corrected chi connectivity index (χ0v) is 11.0. The number of fused-ring (bicyclic) bond motifs is 1. The predicted molar refractivity (Wildman–Crippen MR) is 78.6 cm³/mol. The van der Waals surface area contributed by atoms with Gasteiger partial charge in [0.1, 0.15) is 5.75 Å². The van der Waals surface area contributed by atoms with Crippen LogP contribution in [0.4, 0.5) is 0 Å². The van der Waals surface area contributed by atoms with Crippen LogP contribution in [0.1, 0.15) is 16.7 Å². The van der Waals surface area contributed by atoms with Gasteiger partial charge in [-0.3, -0.25) is 0 Å². The number of methoxy groups -OCH3 is 1. The van der Waals surface area contributed by atoms with Crippen molar-refractivity contribution in [1.29, 1.82) is 0 Å². The molecule has 2 aromatic carbocycles. The zero-order valence-electron chi connectivity index (χ0n) is 10.2. The summed E-state index contributed by atoms with van der Waals surface area (Å²) in [5, 5.41) is 0. The summed E-state index contributed by atoms with van der Waals surface area (Å²) in [7, 11) is 1.71. The quantitative estimate of drug-likeness (QED) is 0.783. The zero-order chi connectivity index (χ0) is 12.4. The van der Waals surface area contributed by atoms with Crippen LogP contribution < -0.4 is 4.74 Å². The molecule has 3 rings (SSSR count). The fourth-order valence-corrected chi connectivity index (χ4v) is 3.16. The molecule has 1 aliphatic rings. The maximum absolute atomic E-state index is 5.26. The Bertz CT molecular complexity index is 587. The van der Waals surface area contributed by atoms with Gasteiger partial charge < -0.3 is 4.74 Å². The summed E-state index contributed by atoms with van der Waals surface area (Å²) in [4.78, 5) is 1.34. The summed E-state index contributed by atoms with van der Waals surface area (Å²) in [6.07, 6.45) is 2.26. The van der Waals surface area contributed by atoms with Gasteiger partial charge in [0.2, 0.25) is 0 Å². The van der Waals surface area contributed by atoms with Gasteiger partial charge in [-0.15, -0.1) is 11.8 Å². The molecule has 0 atom stereocenters. The Kier molecular flexibility index (Phi) is 3.11. The molecule has 0 aromatic heterocycles. The van der Waals surface area contributed by atoms with Gasteiger partial charge in [-0.05, 0) is 34.9 Å². The number of hydrogen-bond acceptors (Lipinski definition) is 2. The first-order chi connectivity index (χ1) is 8.86. The summed E-state index contributed by atoms with van der Waals surface area (Å²) in [6.45, 7) is 0. The maximum Gasteiger partial charge on any atom is 0.119 e. The van der Waals surface area contributed by atoms with E-state index < -0.39 is 0 Å². The van der Waals surface area contributed by atoms with Crippen molar-refractivity contribution in [2.75, 3.05) is 7.11 Å². The standard InChI is InChI=1S/C16H14OS/c1-17-15-8-7-13-10-16(18-11-14(13)9-15)12-5-3-2-4-6-12/h2-10H,11H2,1H3. The Labute approximate surface area is 111 Å². The second-order valence-electron chi connectivity index (χ2n) is 4.23. The average Bonchev–Trinajstić information content (AvgIpc) is 2.47. The predicted octanol–water partition coefficient (Wildman–Crippen LogP) is 4.44. The van der Waals surface area contributed by atoms with Crippen molar-refractivity contribution >= 4 is 22.7 Å². The third-order valence-corrected chi connectivity index (χ3v) is 4.20. The number of hydrogen-bond donors (Lipinski definition) is 0. The molecule has 90 valence electrons. The number of thioether (sulfide) groups is 1. The lowest BCUT2D eigenvalue weighted by Gasteiger charge is -2.17. The third kappa shape index (κ3) is 2.16. The van der Waals surface area contributed by atoms with E-state index in [-0.39, 0.29) is 0 Å². The molecule has 0 fully saturated rings. The van der Waals surface area contributed by atoms with E-state index in [9.17, 15) is 0 Å². The molecular formula is C16H14OS. The Balaban J connectivity index is 1.99. The van der Waals surface area contributed by atoms with Gasteiger partial charge in [-0.2, -0.15) is 0 Å². The second-order valence-corrected chi connectivity index (χ2v) is 5.25. The van der Waals surface area contributed by atoms with Gasteiger partial charge in [0, 0.05) is 10.7 Å². The summed E-state index contributed by atoms with van der Waals surface area (Å²) in [5.74, 6) is 1.94. The molecule has 2 aromatic rings. The van der Waals surface area contributed by atoms with Crippen LogP contribution in [0.15, 0.2) is 48.5 Å². The van der Waals surface area contributed by atoms with Crippen LogP contribution in [0.5, 0.6) is 5.75 Å². The molecule has 0 saturated heterocycles. The third-order valence-electron chi connectivity index (χ3n) is 3.08. The van der Waals surface area contributed by atoms with E-state index in [1.165, 1.54) is 21.6 Å².